The summed E-state index contributed by atoms with van der Waals surface area (Å²) in [5, 5.41) is 0. The summed E-state index contributed by atoms with van der Waals surface area (Å²) in [7, 11) is 0. The quantitative estimate of drug-likeness (QED) is 0.580. The molecule has 0 unspecified atom stereocenters. The number of hydrogen-bond donors (Lipinski definition) is 0. The van der Waals surface area contributed by atoms with Crippen LogP contribution in [0, 0.1) is 13.8 Å². The zero-order chi connectivity index (χ0) is 19.6. The molecule has 1 fully saturated rings. The molecule has 142 valence electrons. The molecule has 3 rings (SSSR count). The van der Waals surface area contributed by atoms with Crippen molar-refractivity contribution < 1.29 is 19.1 Å². The van der Waals surface area contributed by atoms with Crippen LogP contribution in [-0.4, -0.2) is 35.4 Å². The number of benzene rings is 1. The first-order chi connectivity index (χ1) is 12.9. The van der Waals surface area contributed by atoms with Gasteiger partial charge in [0, 0.05) is 42.1 Å². The van der Waals surface area contributed by atoms with E-state index in [1.54, 1.807) is 29.2 Å². The van der Waals surface area contributed by atoms with Crippen molar-refractivity contribution in [2.75, 3.05) is 18.1 Å². The van der Waals surface area contributed by atoms with E-state index in [1.165, 1.54) is 0 Å². The minimum atomic E-state index is -0.549. The van der Waals surface area contributed by atoms with Gasteiger partial charge >= 0.3 is 5.97 Å². The van der Waals surface area contributed by atoms with Crippen LogP contribution >= 0.6 is 0 Å². The van der Waals surface area contributed by atoms with E-state index in [4.69, 9.17) is 4.74 Å². The number of esters is 1. The van der Waals surface area contributed by atoms with E-state index in [1.807, 2.05) is 31.4 Å². The Labute approximate surface area is 158 Å². The standard InChI is InChI=1S/C21H24N2O4/c1-4-22-14(2)12-18(15(22)3)19(24)13-27-21(26)16-7-9-17(10-8-16)23-11-5-6-20(23)25/h7-10,12H,4-6,11,13H2,1-3H3. The average molecular weight is 368 g/mol. The number of anilines is 1. The van der Waals surface area contributed by atoms with Gasteiger partial charge in [0.1, 0.15) is 0 Å². The van der Waals surface area contributed by atoms with Crippen molar-refractivity contribution in [2.24, 2.45) is 0 Å². The van der Waals surface area contributed by atoms with Gasteiger partial charge in [-0.1, -0.05) is 0 Å². The van der Waals surface area contributed by atoms with Gasteiger partial charge in [0.15, 0.2) is 6.61 Å². The molecule has 0 atom stereocenters. The molecule has 1 aromatic carbocycles. The third-order valence-electron chi connectivity index (χ3n) is 5.01. The third kappa shape index (κ3) is 3.79. The maximum Gasteiger partial charge on any atom is 0.338 e. The van der Waals surface area contributed by atoms with Gasteiger partial charge in [0.25, 0.3) is 0 Å². The number of aryl methyl sites for hydroxylation is 1. The van der Waals surface area contributed by atoms with E-state index < -0.39 is 5.97 Å². The average Bonchev–Trinajstić information content (AvgIpc) is 3.22. The van der Waals surface area contributed by atoms with Gasteiger partial charge in [-0.3, -0.25) is 9.59 Å². The van der Waals surface area contributed by atoms with Crippen molar-refractivity contribution in [3.63, 3.8) is 0 Å². The number of ketones is 1. The molecule has 1 saturated heterocycles. The van der Waals surface area contributed by atoms with Crippen molar-refractivity contribution in [1.82, 2.24) is 4.57 Å². The summed E-state index contributed by atoms with van der Waals surface area (Å²) in [5.41, 5.74) is 3.62. The summed E-state index contributed by atoms with van der Waals surface area (Å²) in [5.74, 6) is -0.664. The molecule has 0 aliphatic carbocycles. The van der Waals surface area contributed by atoms with Crippen molar-refractivity contribution in [3.05, 3.63) is 52.8 Å². The number of carbonyl (C=O) groups excluding carboxylic acids is 3. The van der Waals surface area contributed by atoms with Crippen molar-refractivity contribution in [3.8, 4) is 0 Å². The minimum Gasteiger partial charge on any atom is -0.454 e. The van der Waals surface area contributed by atoms with Crippen LogP contribution < -0.4 is 4.90 Å². The Balaban J connectivity index is 1.62. The zero-order valence-corrected chi connectivity index (χ0v) is 15.9. The number of hydrogen-bond acceptors (Lipinski definition) is 4. The van der Waals surface area contributed by atoms with E-state index in [0.717, 1.165) is 30.0 Å². The lowest BCUT2D eigenvalue weighted by Gasteiger charge is -2.15. The van der Waals surface area contributed by atoms with Crippen LogP contribution in [0.4, 0.5) is 5.69 Å². The summed E-state index contributed by atoms with van der Waals surface area (Å²) in [6, 6.07) is 8.54. The number of amides is 1. The molecule has 0 saturated carbocycles. The van der Waals surface area contributed by atoms with Crippen LogP contribution in [0.15, 0.2) is 30.3 Å². The lowest BCUT2D eigenvalue weighted by molar-refractivity contribution is -0.117. The van der Waals surface area contributed by atoms with Crippen LogP contribution in [0.3, 0.4) is 0 Å². The first kappa shape index (κ1) is 18.9. The third-order valence-corrected chi connectivity index (χ3v) is 5.01. The molecule has 6 heteroatoms. The van der Waals surface area contributed by atoms with Gasteiger partial charge in [0.2, 0.25) is 11.7 Å². The molecule has 1 aliphatic rings. The van der Waals surface area contributed by atoms with E-state index in [-0.39, 0.29) is 18.3 Å². The highest BCUT2D eigenvalue weighted by Crippen LogP contribution is 2.22. The molecule has 0 radical (unpaired) electrons. The topological polar surface area (TPSA) is 68.6 Å². The van der Waals surface area contributed by atoms with E-state index in [9.17, 15) is 14.4 Å². The van der Waals surface area contributed by atoms with Crippen LogP contribution in [-0.2, 0) is 16.1 Å². The van der Waals surface area contributed by atoms with Crippen LogP contribution in [0.1, 0.15) is 51.9 Å². The van der Waals surface area contributed by atoms with Crippen molar-refractivity contribution in [2.45, 2.75) is 40.2 Å². The second-order valence-corrected chi connectivity index (χ2v) is 6.72. The van der Waals surface area contributed by atoms with Crippen molar-refractivity contribution in [1.29, 1.82) is 0 Å². The molecule has 1 aliphatic heterocycles. The number of ether oxygens (including phenoxy) is 1. The molecule has 2 aromatic rings. The molecule has 0 spiro atoms. The maximum atomic E-state index is 12.4. The Morgan fingerprint density at radius 1 is 1.15 bits per heavy atom. The highest BCUT2D eigenvalue weighted by Gasteiger charge is 2.22. The van der Waals surface area contributed by atoms with Crippen LogP contribution in [0.5, 0.6) is 0 Å². The lowest BCUT2D eigenvalue weighted by atomic mass is 10.1. The molecular formula is C21H24N2O4. The highest BCUT2D eigenvalue weighted by molar-refractivity contribution is 6.00. The number of Topliss-reactive ketones (excluding diaryl/α,β-unsaturated/α-hetero) is 1. The highest BCUT2D eigenvalue weighted by atomic mass is 16.5. The van der Waals surface area contributed by atoms with Gasteiger partial charge in [0.05, 0.1) is 5.56 Å². The maximum absolute atomic E-state index is 12.4. The lowest BCUT2D eigenvalue weighted by Crippen LogP contribution is -2.23. The molecule has 0 N–H and O–H groups in total. The first-order valence-electron chi connectivity index (χ1n) is 9.19. The van der Waals surface area contributed by atoms with Gasteiger partial charge in [-0.15, -0.1) is 0 Å². The zero-order valence-electron chi connectivity index (χ0n) is 15.9. The fourth-order valence-electron chi connectivity index (χ4n) is 3.56. The molecule has 2 heterocycles. The number of nitrogens with zero attached hydrogens (tertiary/aromatic N) is 2. The predicted molar refractivity (Wildman–Crippen MR) is 102 cm³/mol. The summed E-state index contributed by atoms with van der Waals surface area (Å²) >= 11 is 0. The minimum absolute atomic E-state index is 0.0978. The van der Waals surface area contributed by atoms with E-state index in [0.29, 0.717) is 24.1 Å². The van der Waals surface area contributed by atoms with Crippen molar-refractivity contribution >= 4 is 23.3 Å². The number of carbonyl (C=O) groups is 3. The molecule has 0 bridgehead atoms. The second-order valence-electron chi connectivity index (χ2n) is 6.72. The Hall–Kier alpha value is -2.89. The molecular weight excluding hydrogens is 344 g/mol. The Morgan fingerprint density at radius 2 is 1.85 bits per heavy atom. The monoisotopic (exact) mass is 368 g/mol. The van der Waals surface area contributed by atoms with E-state index >= 15 is 0 Å². The fourth-order valence-corrected chi connectivity index (χ4v) is 3.56. The molecule has 1 aromatic heterocycles. The summed E-state index contributed by atoms with van der Waals surface area (Å²) < 4.78 is 7.24. The molecule has 27 heavy (non-hydrogen) atoms. The van der Waals surface area contributed by atoms with Gasteiger partial charge in [-0.05, 0) is 57.5 Å². The Morgan fingerprint density at radius 3 is 2.41 bits per heavy atom. The van der Waals surface area contributed by atoms with Gasteiger partial charge in [-0.2, -0.15) is 0 Å². The second kappa shape index (κ2) is 7.78. The predicted octanol–water partition coefficient (Wildman–Crippen LogP) is 3.29. The van der Waals surface area contributed by atoms with Crippen LogP contribution in [0.2, 0.25) is 0 Å². The SMILES string of the molecule is CCn1c(C)cc(C(=O)COC(=O)c2ccc(N3CCCC3=O)cc2)c1C. The van der Waals surface area contributed by atoms with Gasteiger partial charge in [-0.25, -0.2) is 4.79 Å². The first-order valence-corrected chi connectivity index (χ1v) is 9.19. The van der Waals surface area contributed by atoms with E-state index in [2.05, 4.69) is 0 Å². The normalized spacial score (nSPS) is 13.9. The Kier molecular flexibility index (Phi) is 5.44. The smallest absolute Gasteiger partial charge is 0.338 e. The summed E-state index contributed by atoms with van der Waals surface area (Å²) in [6.07, 6.45) is 1.41. The van der Waals surface area contributed by atoms with Gasteiger partial charge < -0.3 is 14.2 Å². The molecule has 1 amide bonds. The van der Waals surface area contributed by atoms with Crippen LogP contribution in [0.25, 0.3) is 0 Å². The largest absolute Gasteiger partial charge is 0.454 e. The Bertz CT molecular complexity index is 880. The number of rotatable bonds is 6. The number of aromatic nitrogens is 1. The fraction of sp³-hybridized carbons (Fsp3) is 0.381. The summed E-state index contributed by atoms with van der Waals surface area (Å²) in [6.45, 7) is 7.06. The molecule has 6 nitrogen and oxygen atoms in total. The summed E-state index contributed by atoms with van der Waals surface area (Å²) in [4.78, 5) is 38.1.